The number of benzene rings is 1. The number of hydrogen-bond acceptors (Lipinski definition) is 2. The SMILES string of the molecule is CCCC1CCOC(c2ccc(C3=CCC[C@@H]3CCCc3cc[c-]s3)cc2)C1.[Y]. The van der Waals surface area contributed by atoms with Gasteiger partial charge in [-0.15, -0.1) is 10.3 Å². The maximum atomic E-state index is 6.10. The first-order chi connectivity index (χ1) is 13.8. The maximum absolute atomic E-state index is 6.10. The van der Waals surface area contributed by atoms with Crippen LogP contribution in [0, 0.1) is 17.2 Å². The summed E-state index contributed by atoms with van der Waals surface area (Å²) >= 11 is 1.77. The minimum Gasteiger partial charge on any atom is -0.374 e. The summed E-state index contributed by atoms with van der Waals surface area (Å²) in [4.78, 5) is 1.47. The number of allylic oxidation sites excluding steroid dienone is 2. The zero-order valence-electron chi connectivity index (χ0n) is 17.7. The first kappa shape index (κ1) is 23.4. The van der Waals surface area contributed by atoms with Gasteiger partial charge in [0.25, 0.3) is 0 Å². The fourth-order valence-electron chi connectivity index (χ4n) is 5.00. The van der Waals surface area contributed by atoms with Crippen molar-refractivity contribution in [1.82, 2.24) is 0 Å². The first-order valence-electron chi connectivity index (χ1n) is 11.2. The topological polar surface area (TPSA) is 9.23 Å². The molecule has 1 aliphatic heterocycles. The van der Waals surface area contributed by atoms with Crippen molar-refractivity contribution >= 4 is 16.9 Å². The van der Waals surface area contributed by atoms with Gasteiger partial charge in [0.1, 0.15) is 0 Å². The quantitative estimate of drug-likeness (QED) is 0.352. The van der Waals surface area contributed by atoms with E-state index in [1.165, 1.54) is 73.8 Å². The molecule has 4 rings (SSSR count). The standard InChI is InChI=1S/C26H33OS.Y/c1-2-6-20-16-17-27-26(19-20)23-14-12-22(13-15-23)25-11-4-8-21(25)7-3-9-24-10-5-18-28-24;/h5,10-15,20-21,26H,2-4,6-9,16-17,19H2,1H3;/q-1;/t20?,21-,26?;/m0./s1. The number of aryl methyl sites for hydroxylation is 1. The molecule has 1 aliphatic carbocycles. The average Bonchev–Trinajstić information content (AvgIpc) is 3.41. The summed E-state index contributed by atoms with van der Waals surface area (Å²) in [6.07, 6.45) is 14.2. The average molecular weight is 483 g/mol. The van der Waals surface area contributed by atoms with Crippen LogP contribution >= 0.6 is 11.3 Å². The van der Waals surface area contributed by atoms with Crippen molar-refractivity contribution in [3.05, 3.63) is 63.9 Å². The predicted octanol–water partition coefficient (Wildman–Crippen LogP) is 7.63. The summed E-state index contributed by atoms with van der Waals surface area (Å²) in [7, 11) is 0. The zero-order valence-corrected chi connectivity index (χ0v) is 21.4. The van der Waals surface area contributed by atoms with Crippen LogP contribution in [0.4, 0.5) is 0 Å². The molecular formula is C26H33OSY-. The molecule has 1 saturated heterocycles. The molecule has 29 heavy (non-hydrogen) atoms. The van der Waals surface area contributed by atoms with Crippen molar-refractivity contribution in [1.29, 1.82) is 0 Å². The van der Waals surface area contributed by atoms with Crippen LogP contribution in [-0.2, 0) is 43.9 Å². The van der Waals surface area contributed by atoms with Gasteiger partial charge in [-0.25, -0.2) is 6.07 Å². The van der Waals surface area contributed by atoms with Crippen LogP contribution in [0.5, 0.6) is 0 Å². The number of rotatable bonds is 8. The van der Waals surface area contributed by atoms with Crippen molar-refractivity contribution in [2.24, 2.45) is 11.8 Å². The second kappa shape index (κ2) is 11.9. The second-order valence-electron chi connectivity index (χ2n) is 8.51. The molecule has 1 aromatic heterocycles. The van der Waals surface area contributed by atoms with Gasteiger partial charge in [0.2, 0.25) is 0 Å². The van der Waals surface area contributed by atoms with E-state index in [0.29, 0.717) is 6.10 Å². The van der Waals surface area contributed by atoms with Crippen LogP contribution < -0.4 is 0 Å². The van der Waals surface area contributed by atoms with Gasteiger partial charge >= 0.3 is 0 Å². The second-order valence-corrected chi connectivity index (χ2v) is 9.47. The smallest absolute Gasteiger partial charge is 0.0827 e. The summed E-state index contributed by atoms with van der Waals surface area (Å²) in [5, 5.41) is 3.20. The van der Waals surface area contributed by atoms with Crippen molar-refractivity contribution in [2.45, 2.75) is 70.8 Å². The molecule has 1 radical (unpaired) electrons. The fraction of sp³-hybridized carbons (Fsp3) is 0.538. The summed E-state index contributed by atoms with van der Waals surface area (Å²) in [6.45, 7) is 3.22. The molecular weight excluding hydrogens is 449 g/mol. The summed E-state index contributed by atoms with van der Waals surface area (Å²) in [5.41, 5.74) is 4.38. The van der Waals surface area contributed by atoms with E-state index in [4.69, 9.17) is 4.74 Å². The monoisotopic (exact) mass is 482 g/mol. The van der Waals surface area contributed by atoms with Crippen molar-refractivity contribution in [2.75, 3.05) is 6.61 Å². The number of ether oxygens (including phenoxy) is 1. The molecule has 2 heterocycles. The molecule has 153 valence electrons. The molecule has 1 fully saturated rings. The number of hydrogen-bond donors (Lipinski definition) is 0. The third-order valence-electron chi connectivity index (χ3n) is 6.53. The van der Waals surface area contributed by atoms with Crippen LogP contribution in [-0.4, -0.2) is 6.61 Å². The third kappa shape index (κ3) is 6.36. The minimum absolute atomic E-state index is 0. The minimum atomic E-state index is 0. The Bertz CT molecular complexity index is 748. The van der Waals surface area contributed by atoms with E-state index in [-0.39, 0.29) is 32.7 Å². The van der Waals surface area contributed by atoms with E-state index < -0.39 is 0 Å². The molecule has 0 bridgehead atoms. The van der Waals surface area contributed by atoms with Crippen LogP contribution in [0.3, 0.4) is 0 Å². The van der Waals surface area contributed by atoms with Crippen LogP contribution in [0.2, 0.25) is 0 Å². The van der Waals surface area contributed by atoms with Crippen LogP contribution in [0.1, 0.15) is 80.4 Å². The molecule has 0 N–H and O–H groups in total. The fourth-order valence-corrected chi connectivity index (χ4v) is 5.67. The molecule has 3 atom stereocenters. The molecule has 2 aliphatic rings. The number of thiophene rings is 1. The van der Waals surface area contributed by atoms with Gasteiger partial charge in [-0.2, -0.15) is 6.07 Å². The van der Waals surface area contributed by atoms with Crippen LogP contribution in [0.25, 0.3) is 5.57 Å². The van der Waals surface area contributed by atoms with Crippen LogP contribution in [0.15, 0.2) is 42.5 Å². The van der Waals surface area contributed by atoms with Crippen molar-refractivity contribution in [3.63, 3.8) is 0 Å². The molecule has 3 heteroatoms. The van der Waals surface area contributed by atoms with E-state index in [1.807, 2.05) is 6.07 Å². The van der Waals surface area contributed by atoms with Gasteiger partial charge in [0.05, 0.1) is 6.10 Å². The van der Waals surface area contributed by atoms with Gasteiger partial charge in [-0.05, 0) is 60.6 Å². The van der Waals surface area contributed by atoms with Gasteiger partial charge in [0, 0.05) is 39.3 Å². The summed E-state index contributed by atoms with van der Waals surface area (Å²) in [5.74, 6) is 1.57. The normalized spacial score (nSPS) is 24.2. The van der Waals surface area contributed by atoms with E-state index in [2.05, 4.69) is 48.7 Å². The molecule has 2 unspecified atom stereocenters. The molecule has 1 nitrogen and oxygen atoms in total. The Morgan fingerprint density at radius 2 is 1.97 bits per heavy atom. The summed E-state index contributed by atoms with van der Waals surface area (Å²) < 4.78 is 6.10. The Morgan fingerprint density at radius 3 is 2.72 bits per heavy atom. The Morgan fingerprint density at radius 1 is 1.10 bits per heavy atom. The zero-order chi connectivity index (χ0) is 19.2. The Hall–Kier alpha value is -0.276. The van der Waals surface area contributed by atoms with Gasteiger partial charge in [-0.1, -0.05) is 62.9 Å². The third-order valence-corrected chi connectivity index (χ3v) is 7.38. The van der Waals surface area contributed by atoms with Gasteiger partial charge in [-0.3, -0.25) is 0 Å². The largest absolute Gasteiger partial charge is 0.374 e. The van der Waals surface area contributed by atoms with E-state index in [0.717, 1.165) is 18.4 Å². The Balaban J connectivity index is 0.00000240. The van der Waals surface area contributed by atoms with E-state index in [1.54, 1.807) is 16.9 Å². The van der Waals surface area contributed by atoms with Gasteiger partial charge < -0.3 is 16.1 Å². The van der Waals surface area contributed by atoms with E-state index in [9.17, 15) is 0 Å². The molecule has 0 amide bonds. The molecule has 0 spiro atoms. The summed E-state index contributed by atoms with van der Waals surface area (Å²) in [6, 6.07) is 13.6. The molecule has 2 aromatic rings. The van der Waals surface area contributed by atoms with Crippen molar-refractivity contribution in [3.8, 4) is 0 Å². The molecule has 1 aromatic carbocycles. The van der Waals surface area contributed by atoms with Crippen molar-refractivity contribution < 1.29 is 37.4 Å². The maximum Gasteiger partial charge on any atom is 0.0827 e. The predicted molar refractivity (Wildman–Crippen MR) is 120 cm³/mol. The molecule has 0 saturated carbocycles. The van der Waals surface area contributed by atoms with Gasteiger partial charge in [0.15, 0.2) is 0 Å². The Labute approximate surface area is 206 Å². The first-order valence-corrected chi connectivity index (χ1v) is 12.0. The van der Waals surface area contributed by atoms with E-state index >= 15 is 0 Å². The Kier molecular flexibility index (Phi) is 9.63.